The summed E-state index contributed by atoms with van der Waals surface area (Å²) in [6.07, 6.45) is 17.7. The van der Waals surface area contributed by atoms with Crippen LogP contribution in [0.3, 0.4) is 0 Å². The third-order valence-corrected chi connectivity index (χ3v) is 2.58. The first-order valence-electron chi connectivity index (χ1n) is 6.50. The van der Waals surface area contributed by atoms with E-state index in [1.165, 1.54) is 38.5 Å². The van der Waals surface area contributed by atoms with Gasteiger partial charge in [0.15, 0.2) is 0 Å². The fourth-order valence-corrected chi connectivity index (χ4v) is 1.59. The van der Waals surface area contributed by atoms with Crippen LogP contribution < -0.4 is 0 Å². The minimum atomic E-state index is 0.727. The van der Waals surface area contributed by atoms with Crippen LogP contribution >= 0.6 is 0 Å². The van der Waals surface area contributed by atoms with Gasteiger partial charge in [0.05, 0.1) is 0 Å². The zero-order valence-electron chi connectivity index (χ0n) is 10.2. The normalized spacial score (nSPS) is 11.0. The third-order valence-electron chi connectivity index (χ3n) is 2.58. The highest BCUT2D eigenvalue weighted by molar-refractivity contribution is 5.48. The molecule has 0 fully saturated rings. The van der Waals surface area contributed by atoms with E-state index in [-0.39, 0.29) is 0 Å². The highest BCUT2D eigenvalue weighted by Gasteiger charge is 1.87. The monoisotopic (exact) mass is 210 g/mol. The highest BCUT2D eigenvalue weighted by Crippen LogP contribution is 2.06. The average molecular weight is 210 g/mol. The van der Waals surface area contributed by atoms with Crippen molar-refractivity contribution in [1.29, 1.82) is 0 Å². The lowest BCUT2D eigenvalue weighted by molar-refractivity contribution is -0.107. The number of rotatable bonds is 11. The van der Waals surface area contributed by atoms with E-state index in [9.17, 15) is 4.79 Å². The number of hydrogen-bond acceptors (Lipinski definition) is 1. The Labute approximate surface area is 95.0 Å². The van der Waals surface area contributed by atoms with Gasteiger partial charge in [0.25, 0.3) is 0 Å². The molecule has 0 heterocycles. The van der Waals surface area contributed by atoms with E-state index < -0.39 is 0 Å². The lowest BCUT2D eigenvalue weighted by atomic mass is 10.1. The second-order valence-electron chi connectivity index (χ2n) is 4.13. The molecule has 0 unspecified atom stereocenters. The van der Waals surface area contributed by atoms with Crippen molar-refractivity contribution >= 4 is 6.29 Å². The van der Waals surface area contributed by atoms with Crippen LogP contribution in [0, 0.1) is 0 Å². The molecule has 0 radical (unpaired) electrons. The van der Waals surface area contributed by atoms with E-state index in [0.717, 1.165) is 32.0 Å². The maximum Gasteiger partial charge on any atom is 0.119 e. The van der Waals surface area contributed by atoms with Crippen molar-refractivity contribution in [1.82, 2.24) is 0 Å². The molecule has 88 valence electrons. The fraction of sp³-hybridized carbons (Fsp3) is 0.786. The van der Waals surface area contributed by atoms with E-state index in [2.05, 4.69) is 19.1 Å². The minimum Gasteiger partial charge on any atom is -0.303 e. The van der Waals surface area contributed by atoms with Crippen LogP contribution in [0.1, 0.15) is 71.1 Å². The van der Waals surface area contributed by atoms with E-state index in [4.69, 9.17) is 0 Å². The quantitative estimate of drug-likeness (QED) is 0.275. The van der Waals surface area contributed by atoms with Crippen molar-refractivity contribution in [3.63, 3.8) is 0 Å². The fourth-order valence-electron chi connectivity index (χ4n) is 1.59. The van der Waals surface area contributed by atoms with Gasteiger partial charge in [-0.15, -0.1) is 0 Å². The van der Waals surface area contributed by atoms with E-state index >= 15 is 0 Å². The molecule has 0 spiro atoms. The Hall–Kier alpha value is -0.590. The first-order chi connectivity index (χ1) is 7.41. The number of unbranched alkanes of at least 4 members (excludes halogenated alkanes) is 8. The molecule has 15 heavy (non-hydrogen) atoms. The predicted octanol–water partition coefficient (Wildman–Crippen LogP) is 4.66. The van der Waals surface area contributed by atoms with Crippen LogP contribution in [0.15, 0.2) is 12.2 Å². The Bertz CT molecular complexity index is 149. The van der Waals surface area contributed by atoms with E-state index in [0.29, 0.717) is 0 Å². The molecular weight excluding hydrogens is 184 g/mol. The standard InChI is InChI=1S/C14H26O/c1-2-3-4-5-6-7-8-9-10-11-12-13-14-15/h8-9,14H,2-7,10-13H2,1H3. The maximum absolute atomic E-state index is 10.0. The third kappa shape index (κ3) is 13.4. The zero-order valence-corrected chi connectivity index (χ0v) is 10.2. The van der Waals surface area contributed by atoms with Gasteiger partial charge in [0, 0.05) is 6.42 Å². The molecule has 1 heteroatoms. The summed E-state index contributed by atoms with van der Waals surface area (Å²) in [5, 5.41) is 0. The first kappa shape index (κ1) is 14.4. The van der Waals surface area contributed by atoms with Crippen molar-refractivity contribution in [3.05, 3.63) is 12.2 Å². The molecular formula is C14H26O. The van der Waals surface area contributed by atoms with Gasteiger partial charge >= 0.3 is 0 Å². The van der Waals surface area contributed by atoms with Crippen molar-refractivity contribution in [2.45, 2.75) is 71.1 Å². The Morgan fingerprint density at radius 1 is 0.733 bits per heavy atom. The SMILES string of the molecule is CCCCCCCC=CCCCCC=O. The molecule has 0 atom stereocenters. The smallest absolute Gasteiger partial charge is 0.119 e. The number of aldehydes is 1. The topological polar surface area (TPSA) is 17.1 Å². The molecule has 0 saturated heterocycles. The highest BCUT2D eigenvalue weighted by atomic mass is 16.1. The molecule has 1 nitrogen and oxygen atoms in total. The largest absolute Gasteiger partial charge is 0.303 e. The summed E-state index contributed by atoms with van der Waals surface area (Å²) in [4.78, 5) is 10.0. The van der Waals surface area contributed by atoms with E-state index in [1.54, 1.807) is 0 Å². The Morgan fingerprint density at radius 3 is 1.87 bits per heavy atom. The number of carbonyl (C=O) groups excluding carboxylic acids is 1. The van der Waals surface area contributed by atoms with Crippen molar-refractivity contribution in [2.75, 3.05) is 0 Å². The van der Waals surface area contributed by atoms with Crippen LogP contribution in [0.25, 0.3) is 0 Å². The molecule has 0 aliphatic heterocycles. The molecule has 0 aromatic carbocycles. The van der Waals surface area contributed by atoms with Crippen LogP contribution in [0.2, 0.25) is 0 Å². The van der Waals surface area contributed by atoms with Crippen LogP contribution in [0.4, 0.5) is 0 Å². The van der Waals surface area contributed by atoms with E-state index in [1.807, 2.05) is 0 Å². The Kier molecular flexibility index (Phi) is 12.9. The number of carbonyl (C=O) groups is 1. The van der Waals surface area contributed by atoms with Crippen LogP contribution in [-0.4, -0.2) is 6.29 Å². The molecule has 0 N–H and O–H groups in total. The Balaban J connectivity index is 3.00. The molecule has 0 rings (SSSR count). The van der Waals surface area contributed by atoms with Gasteiger partial charge in [-0.1, -0.05) is 44.8 Å². The van der Waals surface area contributed by atoms with Crippen molar-refractivity contribution in [2.24, 2.45) is 0 Å². The molecule has 0 bridgehead atoms. The number of allylic oxidation sites excluding steroid dienone is 2. The van der Waals surface area contributed by atoms with Gasteiger partial charge in [-0.2, -0.15) is 0 Å². The predicted molar refractivity (Wildman–Crippen MR) is 67.0 cm³/mol. The second-order valence-corrected chi connectivity index (χ2v) is 4.13. The minimum absolute atomic E-state index is 0.727. The summed E-state index contributed by atoms with van der Waals surface area (Å²) in [5.74, 6) is 0. The summed E-state index contributed by atoms with van der Waals surface area (Å²) < 4.78 is 0. The average Bonchev–Trinajstić information content (AvgIpc) is 2.26. The molecule has 0 aliphatic rings. The van der Waals surface area contributed by atoms with Gasteiger partial charge in [0.2, 0.25) is 0 Å². The maximum atomic E-state index is 10.0. The van der Waals surface area contributed by atoms with Gasteiger partial charge < -0.3 is 4.79 Å². The summed E-state index contributed by atoms with van der Waals surface area (Å²) in [6.45, 7) is 2.25. The summed E-state index contributed by atoms with van der Waals surface area (Å²) in [6, 6.07) is 0. The van der Waals surface area contributed by atoms with Crippen molar-refractivity contribution < 1.29 is 4.79 Å². The molecule has 0 aromatic heterocycles. The zero-order chi connectivity index (χ0) is 11.2. The van der Waals surface area contributed by atoms with Gasteiger partial charge in [-0.25, -0.2) is 0 Å². The number of hydrogen-bond donors (Lipinski definition) is 0. The Morgan fingerprint density at radius 2 is 1.27 bits per heavy atom. The second kappa shape index (κ2) is 13.4. The molecule has 0 amide bonds. The van der Waals surface area contributed by atoms with Gasteiger partial charge in [-0.3, -0.25) is 0 Å². The molecule has 0 aliphatic carbocycles. The van der Waals surface area contributed by atoms with Crippen molar-refractivity contribution in [3.8, 4) is 0 Å². The van der Waals surface area contributed by atoms with Crippen LogP contribution in [-0.2, 0) is 4.79 Å². The molecule has 0 saturated carbocycles. The lowest BCUT2D eigenvalue weighted by Gasteiger charge is -1.96. The van der Waals surface area contributed by atoms with Gasteiger partial charge in [-0.05, 0) is 32.1 Å². The van der Waals surface area contributed by atoms with Crippen LogP contribution in [0.5, 0.6) is 0 Å². The summed E-state index contributed by atoms with van der Waals surface area (Å²) >= 11 is 0. The molecule has 0 aromatic rings. The summed E-state index contributed by atoms with van der Waals surface area (Å²) in [7, 11) is 0. The van der Waals surface area contributed by atoms with Gasteiger partial charge in [0.1, 0.15) is 6.29 Å². The lowest BCUT2D eigenvalue weighted by Crippen LogP contribution is -1.77. The first-order valence-corrected chi connectivity index (χ1v) is 6.50. The summed E-state index contributed by atoms with van der Waals surface area (Å²) in [5.41, 5.74) is 0.